The number of nitro groups is 1. The molecule has 1 aliphatic carbocycles. The van der Waals surface area contributed by atoms with Crippen LogP contribution in [0.1, 0.15) is 30.0 Å². The molecular weight excluding hydrogens is 260 g/mol. The molecule has 8 heteroatoms. The lowest BCUT2D eigenvalue weighted by molar-refractivity contribution is -0.384. The van der Waals surface area contributed by atoms with Crippen LogP contribution in [0.3, 0.4) is 0 Å². The van der Waals surface area contributed by atoms with Crippen LogP contribution in [0.15, 0.2) is 18.2 Å². The molecule has 1 fully saturated rings. The minimum absolute atomic E-state index is 0.184. The van der Waals surface area contributed by atoms with Crippen LogP contribution in [0.4, 0.5) is 11.5 Å². The molecule has 20 heavy (non-hydrogen) atoms. The average Bonchev–Trinajstić information content (AvgIpc) is 3.21. The van der Waals surface area contributed by atoms with Gasteiger partial charge in [0.15, 0.2) is 5.82 Å². The number of nitrogens with zero attached hydrogens (tertiary/aromatic N) is 5. The fraction of sp³-hybridized carbons (Fsp3) is 0.250. The van der Waals surface area contributed by atoms with Crippen molar-refractivity contribution in [3.63, 3.8) is 0 Å². The van der Waals surface area contributed by atoms with Crippen molar-refractivity contribution in [2.24, 2.45) is 0 Å². The Morgan fingerprint density at radius 2 is 2.25 bits per heavy atom. The van der Waals surface area contributed by atoms with Gasteiger partial charge in [-0.05, 0) is 25.0 Å². The Morgan fingerprint density at radius 3 is 2.85 bits per heavy atom. The maximum Gasteiger partial charge on any atom is 0.296 e. The number of nitrogens with two attached hydrogens (primary N) is 1. The molecule has 1 aromatic heterocycles. The van der Waals surface area contributed by atoms with Gasteiger partial charge in [-0.2, -0.15) is 5.26 Å². The number of hydrogen-bond donors (Lipinski definition) is 1. The Morgan fingerprint density at radius 1 is 1.50 bits per heavy atom. The van der Waals surface area contributed by atoms with E-state index in [-0.39, 0.29) is 22.9 Å². The lowest BCUT2D eigenvalue weighted by atomic mass is 10.1. The second kappa shape index (κ2) is 4.31. The third kappa shape index (κ3) is 1.85. The topological polar surface area (TPSA) is 124 Å². The first-order chi connectivity index (χ1) is 9.61. The van der Waals surface area contributed by atoms with Gasteiger partial charge in [0.1, 0.15) is 5.69 Å². The van der Waals surface area contributed by atoms with Crippen molar-refractivity contribution < 1.29 is 4.92 Å². The van der Waals surface area contributed by atoms with Gasteiger partial charge >= 0.3 is 0 Å². The lowest BCUT2D eigenvalue weighted by Crippen LogP contribution is -2.06. The number of nitrogen functional groups attached to an aromatic ring is 1. The van der Waals surface area contributed by atoms with Crippen molar-refractivity contribution in [1.29, 1.82) is 5.26 Å². The first-order valence-corrected chi connectivity index (χ1v) is 6.02. The molecule has 1 aliphatic rings. The molecule has 3 rings (SSSR count). The maximum atomic E-state index is 11.2. The summed E-state index contributed by atoms with van der Waals surface area (Å²) in [4.78, 5) is 10.6. The fourth-order valence-electron chi connectivity index (χ4n) is 2.14. The molecule has 0 unspecified atom stereocenters. The number of benzene rings is 1. The summed E-state index contributed by atoms with van der Waals surface area (Å²) in [7, 11) is 0. The molecule has 0 saturated heterocycles. The van der Waals surface area contributed by atoms with Crippen LogP contribution in [-0.2, 0) is 0 Å². The van der Waals surface area contributed by atoms with Crippen molar-refractivity contribution in [1.82, 2.24) is 15.0 Å². The van der Waals surface area contributed by atoms with E-state index in [1.54, 1.807) is 0 Å². The Labute approximate surface area is 113 Å². The Kier molecular flexibility index (Phi) is 2.61. The number of nitro benzene ring substituents is 1. The Hall–Kier alpha value is -2.95. The monoisotopic (exact) mass is 270 g/mol. The van der Waals surface area contributed by atoms with E-state index in [2.05, 4.69) is 10.3 Å². The van der Waals surface area contributed by atoms with Crippen molar-refractivity contribution in [2.75, 3.05) is 5.73 Å². The molecule has 100 valence electrons. The second-order valence-electron chi connectivity index (χ2n) is 4.62. The summed E-state index contributed by atoms with van der Waals surface area (Å²) in [5.74, 6) is 0.548. The first kappa shape index (κ1) is 12.1. The summed E-state index contributed by atoms with van der Waals surface area (Å²) in [5, 5.41) is 27.7. The second-order valence-corrected chi connectivity index (χ2v) is 4.62. The SMILES string of the molecule is N#Cc1ccc(-n2nnc(N)c2C2CC2)c([N+](=O)[O-])c1. The molecule has 8 nitrogen and oxygen atoms in total. The van der Waals surface area contributed by atoms with Gasteiger partial charge in [0.2, 0.25) is 0 Å². The third-order valence-electron chi connectivity index (χ3n) is 3.23. The van der Waals surface area contributed by atoms with Crippen LogP contribution >= 0.6 is 0 Å². The molecule has 1 heterocycles. The molecule has 2 N–H and O–H groups in total. The molecule has 2 aromatic rings. The average molecular weight is 270 g/mol. The van der Waals surface area contributed by atoms with E-state index >= 15 is 0 Å². The number of aromatic nitrogens is 3. The Balaban J connectivity index is 2.20. The summed E-state index contributed by atoms with van der Waals surface area (Å²) in [5.41, 5.74) is 6.81. The van der Waals surface area contributed by atoms with Gasteiger partial charge in [0.25, 0.3) is 5.69 Å². The smallest absolute Gasteiger partial charge is 0.296 e. The van der Waals surface area contributed by atoms with Gasteiger partial charge in [-0.3, -0.25) is 10.1 Å². The molecular formula is C12H10N6O2. The van der Waals surface area contributed by atoms with Crippen LogP contribution in [-0.4, -0.2) is 19.9 Å². The normalized spacial score (nSPS) is 13.9. The zero-order valence-electron chi connectivity index (χ0n) is 10.4. The van der Waals surface area contributed by atoms with Gasteiger partial charge in [-0.15, -0.1) is 5.10 Å². The van der Waals surface area contributed by atoms with Crippen LogP contribution < -0.4 is 5.73 Å². The molecule has 0 bridgehead atoms. The minimum Gasteiger partial charge on any atom is -0.381 e. The zero-order chi connectivity index (χ0) is 14.3. The van der Waals surface area contributed by atoms with Gasteiger partial charge in [0.05, 0.1) is 22.2 Å². The number of nitriles is 1. The fourth-order valence-corrected chi connectivity index (χ4v) is 2.14. The number of hydrogen-bond acceptors (Lipinski definition) is 6. The van der Waals surface area contributed by atoms with Crippen LogP contribution in [0, 0.1) is 21.4 Å². The number of rotatable bonds is 3. The molecule has 0 amide bonds. The molecule has 1 saturated carbocycles. The third-order valence-corrected chi connectivity index (χ3v) is 3.23. The molecule has 0 aliphatic heterocycles. The highest BCUT2D eigenvalue weighted by atomic mass is 16.6. The van der Waals surface area contributed by atoms with E-state index in [1.807, 2.05) is 6.07 Å². The molecule has 0 spiro atoms. The quantitative estimate of drug-likeness (QED) is 0.665. The highest BCUT2D eigenvalue weighted by Gasteiger charge is 2.32. The van der Waals surface area contributed by atoms with E-state index in [9.17, 15) is 10.1 Å². The number of anilines is 1. The van der Waals surface area contributed by atoms with Gasteiger partial charge in [0, 0.05) is 12.0 Å². The van der Waals surface area contributed by atoms with Crippen molar-refractivity contribution in [3.05, 3.63) is 39.6 Å². The van der Waals surface area contributed by atoms with Crippen molar-refractivity contribution >= 4 is 11.5 Å². The van der Waals surface area contributed by atoms with Gasteiger partial charge in [-0.1, -0.05) is 5.21 Å². The van der Waals surface area contributed by atoms with Crippen LogP contribution in [0.5, 0.6) is 0 Å². The van der Waals surface area contributed by atoms with Crippen LogP contribution in [0.2, 0.25) is 0 Å². The highest BCUT2D eigenvalue weighted by molar-refractivity contribution is 5.58. The van der Waals surface area contributed by atoms with Crippen LogP contribution in [0.25, 0.3) is 5.69 Å². The summed E-state index contributed by atoms with van der Waals surface area (Å²) in [6, 6.07) is 6.11. The van der Waals surface area contributed by atoms with Crippen molar-refractivity contribution in [2.45, 2.75) is 18.8 Å². The largest absolute Gasteiger partial charge is 0.381 e. The predicted octanol–water partition coefficient (Wildman–Crippen LogP) is 1.51. The lowest BCUT2D eigenvalue weighted by Gasteiger charge is -2.06. The maximum absolute atomic E-state index is 11.2. The molecule has 0 atom stereocenters. The van der Waals surface area contributed by atoms with E-state index < -0.39 is 4.92 Å². The van der Waals surface area contributed by atoms with Crippen molar-refractivity contribution in [3.8, 4) is 11.8 Å². The molecule has 1 aromatic carbocycles. The summed E-state index contributed by atoms with van der Waals surface area (Å²) >= 11 is 0. The van der Waals surface area contributed by atoms with Gasteiger partial charge < -0.3 is 5.73 Å². The predicted molar refractivity (Wildman–Crippen MR) is 69.1 cm³/mol. The minimum atomic E-state index is -0.537. The van der Waals surface area contributed by atoms with Gasteiger partial charge in [-0.25, -0.2) is 4.68 Å². The van der Waals surface area contributed by atoms with E-state index in [4.69, 9.17) is 11.0 Å². The van der Waals surface area contributed by atoms with E-state index in [1.165, 1.54) is 22.9 Å². The highest BCUT2D eigenvalue weighted by Crippen LogP contribution is 2.43. The summed E-state index contributed by atoms with van der Waals surface area (Å²) < 4.78 is 1.41. The first-order valence-electron chi connectivity index (χ1n) is 6.02. The Bertz CT molecular complexity index is 741. The van der Waals surface area contributed by atoms with E-state index in [0.29, 0.717) is 11.5 Å². The van der Waals surface area contributed by atoms with E-state index in [0.717, 1.165) is 12.8 Å². The summed E-state index contributed by atoms with van der Waals surface area (Å²) in [6.07, 6.45) is 1.95. The summed E-state index contributed by atoms with van der Waals surface area (Å²) in [6.45, 7) is 0. The molecule has 0 radical (unpaired) electrons. The zero-order valence-corrected chi connectivity index (χ0v) is 10.4. The standard InChI is InChI=1S/C12H10N6O2/c13-6-7-1-4-9(10(5-7)18(19)20)17-11(8-2-3-8)12(14)15-16-17/h1,4-5,8H,2-3,14H2.